The Kier molecular flexibility index (Phi) is 6.42. The van der Waals surface area contributed by atoms with Crippen LogP contribution >= 0.6 is 11.6 Å². The molecule has 156 valence electrons. The Balaban J connectivity index is 1.81. The SMILES string of the molecule is CCOc1ccc(N2C(=O)C(Cl)=C(Nc3cccc(C(=O)OC(C)C)c3)C2=O)cc1. The summed E-state index contributed by atoms with van der Waals surface area (Å²) in [4.78, 5) is 38.6. The topological polar surface area (TPSA) is 84.9 Å². The molecule has 30 heavy (non-hydrogen) atoms. The number of nitrogens with zero attached hydrogens (tertiary/aromatic N) is 1. The van der Waals surface area contributed by atoms with E-state index in [2.05, 4.69) is 5.32 Å². The molecule has 2 amide bonds. The number of imide groups is 1. The van der Waals surface area contributed by atoms with Crippen molar-refractivity contribution in [3.05, 3.63) is 64.8 Å². The van der Waals surface area contributed by atoms with Crippen LogP contribution in [0.4, 0.5) is 11.4 Å². The van der Waals surface area contributed by atoms with Gasteiger partial charge in [-0.15, -0.1) is 0 Å². The number of hydrogen-bond acceptors (Lipinski definition) is 6. The molecule has 0 fully saturated rings. The second-order valence-electron chi connectivity index (χ2n) is 6.72. The first-order valence-corrected chi connectivity index (χ1v) is 9.79. The van der Waals surface area contributed by atoms with Crippen molar-refractivity contribution in [2.75, 3.05) is 16.8 Å². The number of esters is 1. The van der Waals surface area contributed by atoms with Gasteiger partial charge in [-0.1, -0.05) is 17.7 Å². The minimum absolute atomic E-state index is 0.0649. The summed E-state index contributed by atoms with van der Waals surface area (Å²) in [6.45, 7) is 5.87. The lowest BCUT2D eigenvalue weighted by Gasteiger charge is -2.16. The molecule has 1 heterocycles. The third-order valence-corrected chi connectivity index (χ3v) is 4.49. The lowest BCUT2D eigenvalue weighted by Crippen LogP contribution is -2.32. The van der Waals surface area contributed by atoms with Gasteiger partial charge >= 0.3 is 5.97 Å². The standard InChI is InChI=1S/C22H21ClN2O5/c1-4-29-17-10-8-16(9-11-17)25-20(26)18(23)19(21(25)27)24-15-7-5-6-14(12-15)22(28)30-13(2)3/h5-13,24H,4H2,1-3H3. The molecule has 0 aromatic heterocycles. The zero-order valence-corrected chi connectivity index (χ0v) is 17.5. The maximum atomic E-state index is 12.9. The van der Waals surface area contributed by atoms with E-state index in [1.807, 2.05) is 6.92 Å². The fourth-order valence-corrected chi connectivity index (χ4v) is 3.07. The number of ether oxygens (including phenoxy) is 2. The Morgan fingerprint density at radius 3 is 2.43 bits per heavy atom. The van der Waals surface area contributed by atoms with Gasteiger partial charge in [-0.25, -0.2) is 9.69 Å². The van der Waals surface area contributed by atoms with E-state index in [9.17, 15) is 14.4 Å². The molecule has 1 aliphatic heterocycles. The van der Waals surface area contributed by atoms with Crippen LogP contribution in [0, 0.1) is 0 Å². The maximum Gasteiger partial charge on any atom is 0.338 e. The fraction of sp³-hybridized carbons (Fsp3) is 0.227. The van der Waals surface area contributed by atoms with E-state index in [0.717, 1.165) is 4.90 Å². The molecule has 0 atom stereocenters. The van der Waals surface area contributed by atoms with E-state index in [4.69, 9.17) is 21.1 Å². The van der Waals surface area contributed by atoms with Crippen molar-refractivity contribution < 1.29 is 23.9 Å². The van der Waals surface area contributed by atoms with Crippen LogP contribution in [0.25, 0.3) is 0 Å². The van der Waals surface area contributed by atoms with Crippen molar-refractivity contribution in [1.29, 1.82) is 0 Å². The van der Waals surface area contributed by atoms with Gasteiger partial charge in [-0.3, -0.25) is 9.59 Å². The summed E-state index contributed by atoms with van der Waals surface area (Å²) < 4.78 is 10.6. The van der Waals surface area contributed by atoms with Crippen molar-refractivity contribution in [3.63, 3.8) is 0 Å². The summed E-state index contributed by atoms with van der Waals surface area (Å²) in [7, 11) is 0. The fourth-order valence-electron chi connectivity index (χ4n) is 2.85. The van der Waals surface area contributed by atoms with Crippen LogP contribution in [-0.4, -0.2) is 30.5 Å². The van der Waals surface area contributed by atoms with Crippen LogP contribution < -0.4 is 15.0 Å². The second-order valence-corrected chi connectivity index (χ2v) is 7.10. The average Bonchev–Trinajstić information content (AvgIpc) is 2.92. The molecule has 0 unspecified atom stereocenters. The lowest BCUT2D eigenvalue weighted by molar-refractivity contribution is -0.120. The normalized spacial score (nSPS) is 13.8. The van der Waals surface area contributed by atoms with Gasteiger partial charge in [-0.05, 0) is 63.2 Å². The van der Waals surface area contributed by atoms with Crippen LogP contribution in [0.1, 0.15) is 31.1 Å². The number of nitrogens with one attached hydrogen (secondary N) is 1. The molecule has 1 N–H and O–H groups in total. The second kappa shape index (κ2) is 9.00. The largest absolute Gasteiger partial charge is 0.494 e. The van der Waals surface area contributed by atoms with Gasteiger partial charge in [0, 0.05) is 5.69 Å². The summed E-state index contributed by atoms with van der Waals surface area (Å²) in [6.07, 6.45) is -0.261. The quantitative estimate of drug-likeness (QED) is 0.528. The summed E-state index contributed by atoms with van der Waals surface area (Å²) in [6, 6.07) is 13.0. The van der Waals surface area contributed by atoms with Gasteiger partial charge in [0.15, 0.2) is 0 Å². The zero-order chi connectivity index (χ0) is 21.8. The van der Waals surface area contributed by atoms with Crippen molar-refractivity contribution >= 4 is 40.8 Å². The lowest BCUT2D eigenvalue weighted by atomic mass is 10.2. The van der Waals surface area contributed by atoms with Gasteiger partial charge in [0.2, 0.25) is 0 Å². The van der Waals surface area contributed by atoms with Crippen LogP contribution in [0.15, 0.2) is 59.3 Å². The van der Waals surface area contributed by atoms with E-state index >= 15 is 0 Å². The van der Waals surface area contributed by atoms with Crippen molar-refractivity contribution in [2.45, 2.75) is 26.9 Å². The molecule has 3 rings (SSSR count). The number of anilines is 2. The minimum Gasteiger partial charge on any atom is -0.494 e. The molecular formula is C22H21ClN2O5. The third kappa shape index (κ3) is 4.46. The number of amides is 2. The summed E-state index contributed by atoms with van der Waals surface area (Å²) in [5, 5.41) is 2.62. The molecule has 0 bridgehead atoms. The average molecular weight is 429 g/mol. The molecular weight excluding hydrogens is 408 g/mol. The van der Waals surface area contributed by atoms with Crippen molar-refractivity contribution in [1.82, 2.24) is 0 Å². The highest BCUT2D eigenvalue weighted by molar-refractivity contribution is 6.53. The number of halogens is 1. The highest BCUT2D eigenvalue weighted by atomic mass is 35.5. The molecule has 2 aromatic carbocycles. The summed E-state index contributed by atoms with van der Waals surface area (Å²) >= 11 is 6.16. The van der Waals surface area contributed by atoms with Crippen molar-refractivity contribution in [3.8, 4) is 5.75 Å². The summed E-state index contributed by atoms with van der Waals surface area (Å²) in [5.74, 6) is -1.09. The highest BCUT2D eigenvalue weighted by Crippen LogP contribution is 2.31. The molecule has 0 aliphatic carbocycles. The number of carbonyl (C=O) groups is 3. The molecule has 0 saturated carbocycles. The van der Waals surface area contributed by atoms with E-state index in [0.29, 0.717) is 29.3 Å². The predicted molar refractivity (Wildman–Crippen MR) is 114 cm³/mol. The number of carbonyl (C=O) groups excluding carboxylic acids is 3. The first-order valence-electron chi connectivity index (χ1n) is 9.41. The number of rotatable bonds is 7. The first-order chi connectivity index (χ1) is 14.3. The van der Waals surface area contributed by atoms with E-state index < -0.39 is 17.8 Å². The molecule has 8 heteroatoms. The zero-order valence-electron chi connectivity index (χ0n) is 16.8. The third-order valence-electron chi connectivity index (χ3n) is 4.14. The Bertz CT molecular complexity index is 1010. The Morgan fingerprint density at radius 1 is 1.10 bits per heavy atom. The Hall–Kier alpha value is -3.32. The molecule has 0 spiro atoms. The first kappa shape index (κ1) is 21.4. The monoisotopic (exact) mass is 428 g/mol. The summed E-state index contributed by atoms with van der Waals surface area (Å²) in [5.41, 5.74) is 1.05. The van der Waals surface area contributed by atoms with Crippen molar-refractivity contribution in [2.24, 2.45) is 0 Å². The molecule has 0 radical (unpaired) electrons. The van der Waals surface area contributed by atoms with Gasteiger partial charge in [-0.2, -0.15) is 0 Å². The van der Waals surface area contributed by atoms with Crippen LogP contribution in [0.2, 0.25) is 0 Å². The van der Waals surface area contributed by atoms with E-state index in [-0.39, 0.29) is 16.8 Å². The Morgan fingerprint density at radius 2 is 1.80 bits per heavy atom. The van der Waals surface area contributed by atoms with Gasteiger partial charge in [0.25, 0.3) is 11.8 Å². The van der Waals surface area contributed by atoms with Gasteiger partial charge < -0.3 is 14.8 Å². The molecule has 7 nitrogen and oxygen atoms in total. The Labute approximate surface area is 179 Å². The molecule has 0 saturated heterocycles. The van der Waals surface area contributed by atoms with E-state index in [1.165, 1.54) is 6.07 Å². The maximum absolute atomic E-state index is 12.9. The van der Waals surface area contributed by atoms with Crippen LogP contribution in [0.5, 0.6) is 5.75 Å². The smallest absolute Gasteiger partial charge is 0.338 e. The van der Waals surface area contributed by atoms with Gasteiger partial charge in [0.05, 0.1) is 24.0 Å². The van der Waals surface area contributed by atoms with Gasteiger partial charge in [0.1, 0.15) is 16.5 Å². The molecule has 2 aromatic rings. The predicted octanol–water partition coefficient (Wildman–Crippen LogP) is 4.09. The minimum atomic E-state index is -0.635. The molecule has 1 aliphatic rings. The highest BCUT2D eigenvalue weighted by Gasteiger charge is 2.39. The number of benzene rings is 2. The van der Waals surface area contributed by atoms with Crippen LogP contribution in [-0.2, 0) is 14.3 Å². The van der Waals surface area contributed by atoms with E-state index in [1.54, 1.807) is 56.3 Å². The van der Waals surface area contributed by atoms with Crippen LogP contribution in [0.3, 0.4) is 0 Å². The number of hydrogen-bond donors (Lipinski definition) is 1.